The fourth-order valence-corrected chi connectivity index (χ4v) is 3.64. The smallest absolute Gasteiger partial charge is 0.0989 e. The molecule has 1 aromatic rings. The number of nitrogens with zero attached hydrogens (tertiary/aromatic N) is 1. The van der Waals surface area contributed by atoms with Gasteiger partial charge in [-0.2, -0.15) is 0 Å². The highest BCUT2D eigenvalue weighted by Gasteiger charge is 2.10. The Labute approximate surface area is 117 Å². The monoisotopic (exact) mass is 292 g/mol. The Kier molecular flexibility index (Phi) is 5.57. The summed E-state index contributed by atoms with van der Waals surface area (Å²) in [5.41, 5.74) is 1.11. The van der Waals surface area contributed by atoms with E-state index < -0.39 is 0 Å². The van der Waals surface area contributed by atoms with Gasteiger partial charge in [-0.1, -0.05) is 23.2 Å². The van der Waals surface area contributed by atoms with Crippen molar-refractivity contribution in [2.75, 3.05) is 26.2 Å². The molecule has 0 saturated carbocycles. The second-order valence-electron chi connectivity index (χ2n) is 4.43. The van der Waals surface area contributed by atoms with Crippen molar-refractivity contribution in [2.45, 2.75) is 25.8 Å². The summed E-state index contributed by atoms with van der Waals surface area (Å²) in [6.07, 6.45) is 3.95. The van der Waals surface area contributed by atoms with Gasteiger partial charge >= 0.3 is 0 Å². The number of hydrogen-bond donors (Lipinski definition) is 1. The maximum atomic E-state index is 6.05. The van der Waals surface area contributed by atoms with E-state index in [1.807, 2.05) is 6.07 Å². The van der Waals surface area contributed by atoms with Crippen molar-refractivity contribution in [3.63, 3.8) is 0 Å². The molecule has 1 aliphatic rings. The van der Waals surface area contributed by atoms with Gasteiger partial charge in [0.05, 0.1) is 8.67 Å². The first-order valence-electron chi connectivity index (χ1n) is 6.12. The number of likely N-dealkylation sites (tertiary alicyclic amines) is 1. The highest BCUT2D eigenvalue weighted by atomic mass is 35.5. The zero-order valence-corrected chi connectivity index (χ0v) is 12.2. The lowest BCUT2D eigenvalue weighted by Crippen LogP contribution is -2.24. The zero-order chi connectivity index (χ0) is 12.1. The minimum absolute atomic E-state index is 0.767. The lowest BCUT2D eigenvalue weighted by Gasteiger charge is -2.14. The summed E-state index contributed by atoms with van der Waals surface area (Å²) in [5.74, 6) is 0. The van der Waals surface area contributed by atoms with E-state index in [0.717, 1.165) is 27.3 Å². The van der Waals surface area contributed by atoms with Crippen LogP contribution in [0.15, 0.2) is 6.07 Å². The van der Waals surface area contributed by atoms with Gasteiger partial charge < -0.3 is 10.2 Å². The maximum absolute atomic E-state index is 6.05. The van der Waals surface area contributed by atoms with Crippen LogP contribution in [0.3, 0.4) is 0 Å². The Balaban J connectivity index is 1.58. The number of halogens is 2. The van der Waals surface area contributed by atoms with Crippen LogP contribution in [0.5, 0.6) is 0 Å². The molecule has 5 heteroatoms. The van der Waals surface area contributed by atoms with Gasteiger partial charge in [-0.05, 0) is 57.1 Å². The van der Waals surface area contributed by atoms with E-state index in [2.05, 4.69) is 10.2 Å². The van der Waals surface area contributed by atoms with Crippen molar-refractivity contribution in [1.29, 1.82) is 0 Å². The predicted octanol–water partition coefficient (Wildman–Crippen LogP) is 3.63. The Morgan fingerprint density at radius 3 is 2.71 bits per heavy atom. The quantitative estimate of drug-likeness (QED) is 0.806. The molecule has 0 aliphatic carbocycles. The van der Waals surface area contributed by atoms with Gasteiger partial charge in [0.1, 0.15) is 0 Å². The molecule has 2 rings (SSSR count). The van der Waals surface area contributed by atoms with E-state index in [-0.39, 0.29) is 0 Å². The van der Waals surface area contributed by atoms with Gasteiger partial charge in [0.15, 0.2) is 0 Å². The van der Waals surface area contributed by atoms with Crippen LogP contribution in [0, 0.1) is 0 Å². The van der Waals surface area contributed by atoms with Crippen LogP contribution in [-0.2, 0) is 6.54 Å². The second-order valence-corrected chi connectivity index (χ2v) is 6.71. The van der Waals surface area contributed by atoms with Crippen LogP contribution in [0.4, 0.5) is 0 Å². The molecule has 0 radical (unpaired) electrons. The number of rotatable bonds is 6. The third kappa shape index (κ3) is 4.42. The molecular weight excluding hydrogens is 275 g/mol. The Morgan fingerprint density at radius 1 is 1.29 bits per heavy atom. The summed E-state index contributed by atoms with van der Waals surface area (Å²) in [6.45, 7) is 5.64. The molecule has 17 heavy (non-hydrogen) atoms. The molecule has 1 saturated heterocycles. The lowest BCUT2D eigenvalue weighted by atomic mass is 10.3. The van der Waals surface area contributed by atoms with E-state index in [4.69, 9.17) is 23.2 Å². The summed E-state index contributed by atoms with van der Waals surface area (Å²) >= 11 is 13.4. The summed E-state index contributed by atoms with van der Waals surface area (Å²) in [5, 5.41) is 3.42. The van der Waals surface area contributed by atoms with E-state index in [1.165, 1.54) is 50.2 Å². The molecule has 1 N–H and O–H groups in total. The first-order chi connectivity index (χ1) is 8.25. The normalized spacial score (nSPS) is 16.8. The second kappa shape index (κ2) is 6.95. The number of thiophene rings is 1. The van der Waals surface area contributed by atoms with Crippen LogP contribution in [-0.4, -0.2) is 31.1 Å². The van der Waals surface area contributed by atoms with Crippen LogP contribution in [0.1, 0.15) is 24.8 Å². The minimum Gasteiger partial charge on any atom is -0.313 e. The van der Waals surface area contributed by atoms with Crippen LogP contribution in [0.25, 0.3) is 0 Å². The molecule has 0 spiro atoms. The van der Waals surface area contributed by atoms with E-state index in [9.17, 15) is 0 Å². The molecule has 1 aliphatic heterocycles. The summed E-state index contributed by atoms with van der Waals surface area (Å²) in [4.78, 5) is 2.54. The number of nitrogens with one attached hydrogen (secondary N) is 1. The third-order valence-corrected chi connectivity index (χ3v) is 4.64. The molecule has 0 bridgehead atoms. The van der Waals surface area contributed by atoms with Gasteiger partial charge in [0.25, 0.3) is 0 Å². The van der Waals surface area contributed by atoms with E-state index in [0.29, 0.717) is 0 Å². The van der Waals surface area contributed by atoms with E-state index in [1.54, 1.807) is 0 Å². The molecule has 1 aromatic heterocycles. The molecular formula is C12H18Cl2N2S. The third-order valence-electron chi connectivity index (χ3n) is 3.07. The summed E-state index contributed by atoms with van der Waals surface area (Å²) in [7, 11) is 0. The zero-order valence-electron chi connectivity index (χ0n) is 9.85. The fraction of sp³-hybridized carbons (Fsp3) is 0.667. The molecule has 0 unspecified atom stereocenters. The van der Waals surface area contributed by atoms with E-state index >= 15 is 0 Å². The van der Waals surface area contributed by atoms with Crippen LogP contribution >= 0.6 is 34.5 Å². The van der Waals surface area contributed by atoms with Gasteiger partial charge in [0, 0.05) is 6.54 Å². The molecule has 0 atom stereocenters. The van der Waals surface area contributed by atoms with Crippen molar-refractivity contribution < 1.29 is 0 Å². The Hall–Kier alpha value is 0.200. The standard InChI is InChI=1S/C12H18Cl2N2S/c13-11-8-10(12(14)17-11)9-15-4-3-7-16-5-1-2-6-16/h8,15H,1-7,9H2. The maximum Gasteiger partial charge on any atom is 0.0989 e. The fourth-order valence-electron chi connectivity index (χ4n) is 2.15. The molecule has 0 aromatic carbocycles. The predicted molar refractivity (Wildman–Crippen MR) is 76.3 cm³/mol. The Bertz CT molecular complexity index is 348. The molecule has 1 fully saturated rings. The van der Waals surface area contributed by atoms with Gasteiger partial charge in [-0.25, -0.2) is 0 Å². The van der Waals surface area contributed by atoms with Crippen molar-refractivity contribution >= 4 is 34.5 Å². The largest absolute Gasteiger partial charge is 0.313 e. The average Bonchev–Trinajstić information content (AvgIpc) is 2.89. The van der Waals surface area contributed by atoms with Crippen molar-refractivity contribution in [3.8, 4) is 0 Å². The van der Waals surface area contributed by atoms with Gasteiger partial charge in [-0.15, -0.1) is 11.3 Å². The van der Waals surface area contributed by atoms with Gasteiger partial charge in [-0.3, -0.25) is 0 Å². The van der Waals surface area contributed by atoms with Crippen molar-refractivity contribution in [1.82, 2.24) is 10.2 Å². The summed E-state index contributed by atoms with van der Waals surface area (Å²) in [6, 6.07) is 1.95. The van der Waals surface area contributed by atoms with Gasteiger partial charge in [0.2, 0.25) is 0 Å². The SMILES string of the molecule is Clc1cc(CNCCCN2CCCC2)c(Cl)s1. The summed E-state index contributed by atoms with van der Waals surface area (Å²) < 4.78 is 1.57. The topological polar surface area (TPSA) is 15.3 Å². The van der Waals surface area contributed by atoms with Crippen LogP contribution < -0.4 is 5.32 Å². The molecule has 0 amide bonds. The first kappa shape index (κ1) is 13.6. The van der Waals surface area contributed by atoms with Crippen LogP contribution in [0.2, 0.25) is 8.67 Å². The Morgan fingerprint density at radius 2 is 2.06 bits per heavy atom. The first-order valence-corrected chi connectivity index (χ1v) is 7.70. The number of hydrogen-bond acceptors (Lipinski definition) is 3. The molecule has 96 valence electrons. The molecule has 2 heterocycles. The highest BCUT2D eigenvalue weighted by molar-refractivity contribution is 7.20. The highest BCUT2D eigenvalue weighted by Crippen LogP contribution is 2.30. The van der Waals surface area contributed by atoms with Crippen molar-refractivity contribution in [3.05, 3.63) is 20.3 Å². The van der Waals surface area contributed by atoms with Crippen molar-refractivity contribution in [2.24, 2.45) is 0 Å². The lowest BCUT2D eigenvalue weighted by molar-refractivity contribution is 0.331. The molecule has 2 nitrogen and oxygen atoms in total. The minimum atomic E-state index is 0.767. The average molecular weight is 293 g/mol.